The van der Waals surface area contributed by atoms with Gasteiger partial charge in [0.05, 0.1) is 28.4 Å². The molecule has 14 heteroatoms. The maximum Gasteiger partial charge on any atom is 0.232 e. The summed E-state index contributed by atoms with van der Waals surface area (Å²) in [6, 6.07) is 11.4. The van der Waals surface area contributed by atoms with Crippen molar-refractivity contribution in [3.63, 3.8) is 0 Å². The maximum absolute atomic E-state index is 5.90. The normalized spacial score (nSPS) is 16.1. The van der Waals surface area contributed by atoms with Gasteiger partial charge in [0, 0.05) is 39.4 Å². The number of para-hydroxylation sites is 2. The summed E-state index contributed by atoms with van der Waals surface area (Å²) < 4.78 is 38.3. The minimum Gasteiger partial charge on any atom is -0.494 e. The van der Waals surface area contributed by atoms with Crippen LogP contribution in [0, 0.1) is 0 Å². The number of methoxy groups -OCH3 is 4. The summed E-state index contributed by atoms with van der Waals surface area (Å²) in [6.45, 7) is 19.3. The van der Waals surface area contributed by atoms with E-state index < -0.39 is 0 Å². The molecule has 2 aromatic heterocycles. The van der Waals surface area contributed by atoms with Crippen molar-refractivity contribution in [2.75, 3.05) is 77.6 Å². The molecule has 2 aliphatic heterocycles. The minimum atomic E-state index is -0.116. The molecule has 0 radical (unpaired) electrons. The van der Waals surface area contributed by atoms with E-state index in [2.05, 4.69) is 46.7 Å². The van der Waals surface area contributed by atoms with Gasteiger partial charge in [0.2, 0.25) is 11.9 Å². The van der Waals surface area contributed by atoms with Gasteiger partial charge in [0.15, 0.2) is 11.6 Å². The van der Waals surface area contributed by atoms with E-state index in [-0.39, 0.29) is 12.2 Å². The Balaban J connectivity index is 0.000000208. The molecule has 14 nitrogen and oxygen atoms in total. The molecule has 54 heavy (non-hydrogen) atoms. The van der Waals surface area contributed by atoms with Gasteiger partial charge in [0.25, 0.3) is 0 Å². The largest absolute Gasteiger partial charge is 0.494 e. The zero-order chi connectivity index (χ0) is 38.5. The SMILES string of the molecule is C=CCN(CC=C)c1nnc([C@@H]2CCCO2)n1-c1c(OC)cccc1OC.C=CCN(CC=C)c1nnc([C@H]2CCCO2)n1-c1c(OC)cccc1OC. The number of benzene rings is 2. The van der Waals surface area contributed by atoms with Crippen LogP contribution in [0.4, 0.5) is 11.9 Å². The van der Waals surface area contributed by atoms with Gasteiger partial charge in [-0.25, -0.2) is 0 Å². The van der Waals surface area contributed by atoms with E-state index in [1.54, 1.807) is 28.4 Å². The Morgan fingerprint density at radius 1 is 0.593 bits per heavy atom. The highest BCUT2D eigenvalue weighted by Crippen LogP contribution is 2.41. The third kappa shape index (κ3) is 8.45. The predicted molar refractivity (Wildman–Crippen MR) is 210 cm³/mol. The second-order valence-corrected chi connectivity index (χ2v) is 12.4. The Bertz CT molecular complexity index is 1660. The fraction of sp³-hybridized carbons (Fsp3) is 0.400. The summed E-state index contributed by atoms with van der Waals surface area (Å²) in [5.74, 6) is 5.51. The van der Waals surface area contributed by atoms with Crippen LogP contribution < -0.4 is 28.7 Å². The van der Waals surface area contributed by atoms with Crippen molar-refractivity contribution in [1.29, 1.82) is 0 Å². The van der Waals surface area contributed by atoms with E-state index in [1.807, 2.05) is 79.6 Å². The second kappa shape index (κ2) is 19.5. The summed E-state index contributed by atoms with van der Waals surface area (Å²) in [5.41, 5.74) is 1.51. The molecular weight excluding hydrogens is 688 g/mol. The van der Waals surface area contributed by atoms with Gasteiger partial charge in [-0.05, 0) is 49.9 Å². The molecule has 2 saturated heterocycles. The molecule has 2 fully saturated rings. The average Bonchev–Trinajstić information content (AvgIpc) is 4.04. The number of ether oxygens (including phenoxy) is 6. The highest BCUT2D eigenvalue weighted by atomic mass is 16.5. The first-order valence-corrected chi connectivity index (χ1v) is 18.0. The molecule has 0 unspecified atom stereocenters. The third-order valence-electron chi connectivity index (χ3n) is 8.99. The molecular formula is C40H52N8O6. The smallest absolute Gasteiger partial charge is 0.232 e. The van der Waals surface area contributed by atoms with Crippen molar-refractivity contribution >= 4 is 11.9 Å². The topological polar surface area (TPSA) is 123 Å². The first-order chi connectivity index (χ1) is 26.5. The van der Waals surface area contributed by atoms with Gasteiger partial charge in [-0.15, -0.1) is 46.7 Å². The van der Waals surface area contributed by atoms with E-state index in [1.165, 1.54) is 0 Å². The van der Waals surface area contributed by atoms with Crippen LogP contribution in [0.5, 0.6) is 23.0 Å². The highest BCUT2D eigenvalue weighted by Gasteiger charge is 2.32. The zero-order valence-electron chi connectivity index (χ0n) is 31.9. The molecule has 0 saturated carbocycles. The third-order valence-corrected chi connectivity index (χ3v) is 8.99. The van der Waals surface area contributed by atoms with E-state index in [0.717, 1.165) is 61.9 Å². The Labute approximate surface area is 317 Å². The van der Waals surface area contributed by atoms with Gasteiger partial charge in [-0.1, -0.05) is 36.4 Å². The van der Waals surface area contributed by atoms with E-state index in [9.17, 15) is 0 Å². The number of hydrogen-bond acceptors (Lipinski definition) is 12. The van der Waals surface area contributed by atoms with Crippen molar-refractivity contribution in [3.8, 4) is 34.4 Å². The Hall–Kier alpha value is -5.60. The molecule has 4 heterocycles. The molecule has 0 amide bonds. The standard InChI is InChI=1S/2C20H26N4O3/c2*1-5-12-23(13-6-2)20-22-21-19(17-11-8-14-27-17)24(20)18-15(25-3)9-7-10-16(18)26-4/h2*5-7,9-10,17H,1-2,8,11-14H2,3-4H3/t2*17-/m10/s1. The van der Waals surface area contributed by atoms with Crippen LogP contribution in [0.25, 0.3) is 11.4 Å². The van der Waals surface area contributed by atoms with E-state index in [4.69, 9.17) is 28.4 Å². The Kier molecular flexibility index (Phi) is 14.3. The summed E-state index contributed by atoms with van der Waals surface area (Å²) in [4.78, 5) is 4.08. The second-order valence-electron chi connectivity index (χ2n) is 12.4. The molecule has 288 valence electrons. The summed E-state index contributed by atoms with van der Waals surface area (Å²) in [7, 11) is 6.55. The fourth-order valence-electron chi connectivity index (χ4n) is 6.60. The highest BCUT2D eigenvalue weighted by molar-refractivity contribution is 5.62. The fourth-order valence-corrected chi connectivity index (χ4v) is 6.60. The van der Waals surface area contributed by atoms with Gasteiger partial charge >= 0.3 is 0 Å². The minimum absolute atomic E-state index is 0.116. The Morgan fingerprint density at radius 3 is 1.19 bits per heavy atom. The molecule has 0 aliphatic carbocycles. The summed E-state index contributed by atoms with van der Waals surface area (Å²) in [6.07, 6.45) is 10.9. The first kappa shape index (κ1) is 39.6. The van der Waals surface area contributed by atoms with Crippen molar-refractivity contribution in [3.05, 3.63) is 98.7 Å². The lowest BCUT2D eigenvalue weighted by Gasteiger charge is -2.24. The quantitative estimate of drug-likeness (QED) is 0.102. The molecule has 2 atom stereocenters. The number of nitrogens with zero attached hydrogens (tertiary/aromatic N) is 8. The van der Waals surface area contributed by atoms with Gasteiger partial charge in [-0.2, -0.15) is 0 Å². The van der Waals surface area contributed by atoms with Crippen molar-refractivity contribution in [2.45, 2.75) is 37.9 Å². The van der Waals surface area contributed by atoms with Gasteiger partial charge in [0.1, 0.15) is 46.6 Å². The predicted octanol–water partition coefficient (Wildman–Crippen LogP) is 6.63. The number of aromatic nitrogens is 6. The Morgan fingerprint density at radius 2 is 0.926 bits per heavy atom. The van der Waals surface area contributed by atoms with Crippen molar-refractivity contribution < 1.29 is 28.4 Å². The van der Waals surface area contributed by atoms with Crippen LogP contribution >= 0.6 is 0 Å². The lowest BCUT2D eigenvalue weighted by atomic mass is 10.2. The van der Waals surface area contributed by atoms with Gasteiger partial charge < -0.3 is 38.2 Å². The van der Waals surface area contributed by atoms with Crippen molar-refractivity contribution in [1.82, 2.24) is 29.5 Å². The molecule has 6 rings (SSSR count). The van der Waals surface area contributed by atoms with Crippen LogP contribution in [0.3, 0.4) is 0 Å². The number of hydrogen-bond donors (Lipinski definition) is 0. The number of rotatable bonds is 18. The average molecular weight is 741 g/mol. The van der Waals surface area contributed by atoms with E-state index >= 15 is 0 Å². The van der Waals surface area contributed by atoms with Crippen molar-refractivity contribution in [2.24, 2.45) is 0 Å². The summed E-state index contributed by atoms with van der Waals surface area (Å²) >= 11 is 0. The van der Waals surface area contributed by atoms with Crippen LogP contribution in [0.15, 0.2) is 87.0 Å². The monoisotopic (exact) mass is 740 g/mol. The summed E-state index contributed by atoms with van der Waals surface area (Å²) in [5, 5.41) is 17.9. The lowest BCUT2D eigenvalue weighted by Crippen LogP contribution is -2.27. The molecule has 2 aliphatic rings. The van der Waals surface area contributed by atoms with Crippen LogP contribution in [-0.2, 0) is 9.47 Å². The lowest BCUT2D eigenvalue weighted by molar-refractivity contribution is 0.103. The van der Waals surface area contributed by atoms with Gasteiger partial charge in [-0.3, -0.25) is 9.13 Å². The maximum atomic E-state index is 5.90. The molecule has 0 N–H and O–H groups in total. The molecule has 0 bridgehead atoms. The molecule has 4 aromatic rings. The van der Waals surface area contributed by atoms with Crippen LogP contribution in [0.1, 0.15) is 49.5 Å². The van der Waals surface area contributed by atoms with Crippen LogP contribution in [-0.4, -0.2) is 97.4 Å². The molecule has 2 aromatic carbocycles. The first-order valence-electron chi connectivity index (χ1n) is 18.0. The van der Waals surface area contributed by atoms with Crippen LogP contribution in [0.2, 0.25) is 0 Å². The molecule has 0 spiro atoms. The zero-order valence-corrected chi connectivity index (χ0v) is 31.9. The number of anilines is 2. The van der Waals surface area contributed by atoms with E-state index in [0.29, 0.717) is 61.1 Å².